The molecule has 1 N–H and O–H groups in total. The van der Waals surface area contributed by atoms with Crippen LogP contribution in [0.15, 0.2) is 18.2 Å². The number of aliphatic hydroxyl groups excluding tert-OH is 1. The second-order valence-electron chi connectivity index (χ2n) is 5.50. The van der Waals surface area contributed by atoms with Crippen molar-refractivity contribution in [1.82, 2.24) is 4.90 Å². The standard InChI is InChI=1S/C16H27NO2/c1-12(2)14-11-13(8-9-16(14)19-5)15(17(3)4)7-6-10-18/h8-9,11-12,15,18H,6-7,10H2,1-5H3. The topological polar surface area (TPSA) is 32.7 Å². The van der Waals surface area contributed by atoms with Gasteiger partial charge in [-0.15, -0.1) is 0 Å². The molecule has 1 atom stereocenters. The molecular formula is C16H27NO2. The predicted octanol–water partition coefficient (Wildman–Crippen LogP) is 3.19. The molecule has 0 saturated carbocycles. The normalized spacial score (nSPS) is 13.1. The molecule has 0 amide bonds. The average Bonchev–Trinajstić information content (AvgIpc) is 2.38. The lowest BCUT2D eigenvalue weighted by Gasteiger charge is -2.26. The van der Waals surface area contributed by atoms with Crippen LogP contribution < -0.4 is 4.74 Å². The molecule has 0 spiro atoms. The van der Waals surface area contributed by atoms with Crippen LogP contribution in [0.2, 0.25) is 0 Å². The summed E-state index contributed by atoms with van der Waals surface area (Å²) in [5.74, 6) is 1.40. The van der Waals surface area contributed by atoms with E-state index in [1.54, 1.807) is 7.11 Å². The van der Waals surface area contributed by atoms with Crippen LogP contribution in [0, 0.1) is 0 Å². The second kappa shape index (κ2) is 7.51. The van der Waals surface area contributed by atoms with E-state index in [1.165, 1.54) is 11.1 Å². The van der Waals surface area contributed by atoms with Gasteiger partial charge in [-0.25, -0.2) is 0 Å². The quantitative estimate of drug-likeness (QED) is 0.822. The fourth-order valence-corrected chi connectivity index (χ4v) is 2.42. The van der Waals surface area contributed by atoms with E-state index in [0.29, 0.717) is 12.0 Å². The molecular weight excluding hydrogens is 238 g/mol. The molecule has 0 fully saturated rings. The lowest BCUT2D eigenvalue weighted by Crippen LogP contribution is -2.20. The molecule has 1 aromatic carbocycles. The minimum absolute atomic E-state index is 0.248. The minimum atomic E-state index is 0.248. The van der Waals surface area contributed by atoms with Crippen molar-refractivity contribution < 1.29 is 9.84 Å². The van der Waals surface area contributed by atoms with Gasteiger partial charge in [0.15, 0.2) is 0 Å². The molecule has 19 heavy (non-hydrogen) atoms. The summed E-state index contributed by atoms with van der Waals surface area (Å²) in [6.07, 6.45) is 1.79. The zero-order valence-electron chi connectivity index (χ0n) is 12.8. The van der Waals surface area contributed by atoms with Gasteiger partial charge >= 0.3 is 0 Å². The third-order valence-electron chi connectivity index (χ3n) is 3.52. The Morgan fingerprint density at radius 3 is 2.42 bits per heavy atom. The van der Waals surface area contributed by atoms with Gasteiger partial charge in [-0.2, -0.15) is 0 Å². The molecule has 108 valence electrons. The van der Waals surface area contributed by atoms with Gasteiger partial charge in [-0.05, 0) is 50.0 Å². The molecule has 0 aliphatic rings. The predicted molar refractivity (Wildman–Crippen MR) is 79.8 cm³/mol. The van der Waals surface area contributed by atoms with E-state index in [1.807, 2.05) is 0 Å². The maximum atomic E-state index is 9.03. The van der Waals surface area contributed by atoms with Gasteiger partial charge in [0, 0.05) is 12.6 Å². The lowest BCUT2D eigenvalue weighted by atomic mass is 9.94. The molecule has 0 aliphatic heterocycles. The van der Waals surface area contributed by atoms with E-state index >= 15 is 0 Å². The van der Waals surface area contributed by atoms with Gasteiger partial charge in [0.2, 0.25) is 0 Å². The zero-order valence-corrected chi connectivity index (χ0v) is 12.8. The molecule has 0 heterocycles. The number of nitrogens with zero attached hydrogens (tertiary/aromatic N) is 1. The Morgan fingerprint density at radius 1 is 1.26 bits per heavy atom. The van der Waals surface area contributed by atoms with Gasteiger partial charge in [0.1, 0.15) is 5.75 Å². The van der Waals surface area contributed by atoms with E-state index in [2.05, 4.69) is 51.0 Å². The van der Waals surface area contributed by atoms with Crippen molar-refractivity contribution >= 4 is 0 Å². The average molecular weight is 265 g/mol. The fourth-order valence-electron chi connectivity index (χ4n) is 2.42. The van der Waals surface area contributed by atoms with Gasteiger partial charge in [0.25, 0.3) is 0 Å². The summed E-state index contributed by atoms with van der Waals surface area (Å²) in [5.41, 5.74) is 2.54. The van der Waals surface area contributed by atoms with E-state index in [9.17, 15) is 0 Å². The van der Waals surface area contributed by atoms with Crippen molar-refractivity contribution in [3.8, 4) is 5.75 Å². The molecule has 1 aromatic rings. The van der Waals surface area contributed by atoms with Gasteiger partial charge in [-0.3, -0.25) is 0 Å². The Morgan fingerprint density at radius 2 is 1.95 bits per heavy atom. The first kappa shape index (κ1) is 16.0. The monoisotopic (exact) mass is 265 g/mol. The molecule has 0 aliphatic carbocycles. The first-order chi connectivity index (χ1) is 9.01. The molecule has 3 nitrogen and oxygen atoms in total. The Hall–Kier alpha value is -1.06. The highest BCUT2D eigenvalue weighted by molar-refractivity contribution is 5.40. The van der Waals surface area contributed by atoms with Crippen LogP contribution in [-0.4, -0.2) is 37.8 Å². The van der Waals surface area contributed by atoms with Crippen LogP contribution >= 0.6 is 0 Å². The Bertz CT molecular complexity index is 388. The van der Waals surface area contributed by atoms with E-state index in [4.69, 9.17) is 9.84 Å². The highest BCUT2D eigenvalue weighted by Gasteiger charge is 2.16. The van der Waals surface area contributed by atoms with Gasteiger partial charge in [-0.1, -0.05) is 26.0 Å². The van der Waals surface area contributed by atoms with Crippen molar-refractivity contribution in [3.63, 3.8) is 0 Å². The van der Waals surface area contributed by atoms with E-state index < -0.39 is 0 Å². The number of aliphatic hydroxyl groups is 1. The molecule has 0 radical (unpaired) electrons. The van der Waals surface area contributed by atoms with Gasteiger partial charge in [0.05, 0.1) is 7.11 Å². The lowest BCUT2D eigenvalue weighted by molar-refractivity contribution is 0.235. The van der Waals surface area contributed by atoms with Gasteiger partial charge < -0.3 is 14.7 Å². The number of hydrogen-bond donors (Lipinski definition) is 1. The zero-order chi connectivity index (χ0) is 14.4. The molecule has 1 unspecified atom stereocenters. The molecule has 0 bridgehead atoms. The Balaban J connectivity index is 3.06. The third-order valence-corrected chi connectivity index (χ3v) is 3.52. The van der Waals surface area contributed by atoms with Crippen LogP contribution in [0.25, 0.3) is 0 Å². The molecule has 1 rings (SSSR count). The summed E-state index contributed by atoms with van der Waals surface area (Å²) >= 11 is 0. The van der Waals surface area contributed by atoms with Crippen LogP contribution in [0.4, 0.5) is 0 Å². The number of methoxy groups -OCH3 is 1. The summed E-state index contributed by atoms with van der Waals surface area (Å²) < 4.78 is 5.43. The third kappa shape index (κ3) is 4.22. The Kier molecular flexibility index (Phi) is 6.32. The number of rotatable bonds is 7. The first-order valence-corrected chi connectivity index (χ1v) is 6.96. The molecule has 0 saturated heterocycles. The summed E-state index contributed by atoms with van der Waals surface area (Å²) in [7, 11) is 5.89. The van der Waals surface area contributed by atoms with Crippen molar-refractivity contribution in [2.24, 2.45) is 0 Å². The van der Waals surface area contributed by atoms with Crippen molar-refractivity contribution in [1.29, 1.82) is 0 Å². The summed E-state index contributed by atoms with van der Waals surface area (Å²) in [4.78, 5) is 2.21. The number of hydrogen-bond acceptors (Lipinski definition) is 3. The van der Waals surface area contributed by atoms with Crippen LogP contribution in [0.1, 0.15) is 49.8 Å². The van der Waals surface area contributed by atoms with Crippen LogP contribution in [-0.2, 0) is 0 Å². The largest absolute Gasteiger partial charge is 0.496 e. The SMILES string of the molecule is COc1ccc(C(CCCO)N(C)C)cc1C(C)C. The highest BCUT2D eigenvalue weighted by Crippen LogP contribution is 2.32. The second-order valence-corrected chi connectivity index (χ2v) is 5.50. The van der Waals surface area contributed by atoms with Crippen LogP contribution in [0.5, 0.6) is 5.75 Å². The summed E-state index contributed by atoms with van der Waals surface area (Å²) in [6, 6.07) is 6.77. The maximum Gasteiger partial charge on any atom is 0.122 e. The molecule has 0 aromatic heterocycles. The summed E-state index contributed by atoms with van der Waals surface area (Å²) in [5, 5.41) is 9.03. The Labute approximate surface area is 117 Å². The van der Waals surface area contributed by atoms with Crippen molar-refractivity contribution in [2.45, 2.75) is 38.6 Å². The first-order valence-electron chi connectivity index (χ1n) is 6.96. The van der Waals surface area contributed by atoms with E-state index in [-0.39, 0.29) is 6.61 Å². The number of benzene rings is 1. The fraction of sp³-hybridized carbons (Fsp3) is 0.625. The minimum Gasteiger partial charge on any atom is -0.496 e. The molecule has 3 heteroatoms. The van der Waals surface area contributed by atoms with Crippen molar-refractivity contribution in [3.05, 3.63) is 29.3 Å². The highest BCUT2D eigenvalue weighted by atomic mass is 16.5. The smallest absolute Gasteiger partial charge is 0.122 e. The summed E-state index contributed by atoms with van der Waals surface area (Å²) in [6.45, 7) is 4.61. The van der Waals surface area contributed by atoms with Crippen LogP contribution in [0.3, 0.4) is 0 Å². The number of ether oxygens (including phenoxy) is 1. The maximum absolute atomic E-state index is 9.03. The van der Waals surface area contributed by atoms with E-state index in [0.717, 1.165) is 18.6 Å². The van der Waals surface area contributed by atoms with Crippen molar-refractivity contribution in [2.75, 3.05) is 27.8 Å².